The summed E-state index contributed by atoms with van der Waals surface area (Å²) >= 11 is 10.6. The Bertz CT molecular complexity index is 543. The lowest BCUT2D eigenvalue weighted by Crippen LogP contribution is -2.42. The van der Waals surface area contributed by atoms with Gasteiger partial charge in [0.05, 0.1) is 4.99 Å². The van der Waals surface area contributed by atoms with Crippen molar-refractivity contribution in [3.8, 4) is 0 Å². The minimum absolute atomic E-state index is 0.0155. The molecule has 0 saturated heterocycles. The van der Waals surface area contributed by atoms with E-state index in [4.69, 9.17) is 29.6 Å². The highest BCUT2D eigenvalue weighted by Gasteiger charge is 2.28. The van der Waals surface area contributed by atoms with E-state index in [1.165, 1.54) is 0 Å². The van der Waals surface area contributed by atoms with Crippen LogP contribution < -0.4 is 10.5 Å². The van der Waals surface area contributed by atoms with Crippen molar-refractivity contribution in [1.82, 2.24) is 4.72 Å². The second-order valence-electron chi connectivity index (χ2n) is 4.24. The van der Waals surface area contributed by atoms with Gasteiger partial charge in [0.25, 0.3) is 0 Å². The number of rotatable bonds is 6. The zero-order valence-corrected chi connectivity index (χ0v) is 13.1. The van der Waals surface area contributed by atoms with Gasteiger partial charge in [-0.15, -0.1) is 0 Å². The highest BCUT2D eigenvalue weighted by molar-refractivity contribution is 7.93. The van der Waals surface area contributed by atoms with Crippen molar-refractivity contribution in [1.29, 1.82) is 0 Å². The summed E-state index contributed by atoms with van der Waals surface area (Å²) in [6, 6.07) is 6.61. The lowest BCUT2D eigenvalue weighted by molar-refractivity contribution is 0.560. The first-order valence-electron chi connectivity index (χ1n) is 5.84. The van der Waals surface area contributed by atoms with E-state index in [1.807, 2.05) is 0 Å². The van der Waals surface area contributed by atoms with E-state index in [0.29, 0.717) is 11.4 Å². The Morgan fingerprint density at radius 2 is 1.95 bits per heavy atom. The first-order valence-corrected chi connectivity index (χ1v) is 8.17. The maximum atomic E-state index is 12.1. The lowest BCUT2D eigenvalue weighted by atomic mass is 10.1. The first kappa shape index (κ1) is 16.4. The zero-order chi connectivity index (χ0) is 14.6. The van der Waals surface area contributed by atoms with Crippen LogP contribution in [0, 0.1) is 0 Å². The molecule has 2 atom stereocenters. The molecule has 0 aliphatic carbocycles. The highest BCUT2D eigenvalue weighted by Crippen LogP contribution is 2.18. The highest BCUT2D eigenvalue weighted by atomic mass is 35.5. The van der Waals surface area contributed by atoms with Crippen LogP contribution in [0.3, 0.4) is 0 Å². The van der Waals surface area contributed by atoms with Gasteiger partial charge < -0.3 is 5.73 Å². The average Bonchev–Trinajstić information content (AvgIpc) is 2.28. The van der Waals surface area contributed by atoms with E-state index >= 15 is 0 Å². The lowest BCUT2D eigenvalue weighted by Gasteiger charge is -2.19. The topological polar surface area (TPSA) is 72.2 Å². The molecule has 0 spiro atoms. The fourth-order valence-corrected chi connectivity index (χ4v) is 3.93. The van der Waals surface area contributed by atoms with Crippen LogP contribution in [0.2, 0.25) is 5.02 Å². The van der Waals surface area contributed by atoms with E-state index in [0.717, 1.165) is 5.56 Å². The minimum atomic E-state index is -3.58. The van der Waals surface area contributed by atoms with E-state index in [-0.39, 0.29) is 11.0 Å². The van der Waals surface area contributed by atoms with Crippen LogP contribution in [-0.2, 0) is 10.0 Å². The molecule has 4 nitrogen and oxygen atoms in total. The largest absolute Gasteiger partial charge is 0.392 e. The average molecular weight is 321 g/mol. The van der Waals surface area contributed by atoms with Gasteiger partial charge in [0.15, 0.2) is 0 Å². The molecule has 0 amide bonds. The number of hydrogen-bond donors (Lipinski definition) is 2. The van der Waals surface area contributed by atoms with Crippen LogP contribution in [0.4, 0.5) is 0 Å². The van der Waals surface area contributed by atoms with Crippen LogP contribution in [-0.4, -0.2) is 18.7 Å². The van der Waals surface area contributed by atoms with Crippen molar-refractivity contribution >= 4 is 38.8 Å². The van der Waals surface area contributed by atoms with E-state index in [2.05, 4.69) is 4.72 Å². The van der Waals surface area contributed by atoms with Gasteiger partial charge in [-0.3, -0.25) is 0 Å². The molecule has 3 N–H and O–H groups in total. The normalized spacial score (nSPS) is 14.9. The predicted molar refractivity (Wildman–Crippen MR) is 82.8 cm³/mol. The summed E-state index contributed by atoms with van der Waals surface area (Å²) in [5, 5.41) is -0.245. The second kappa shape index (κ2) is 6.65. The molecule has 1 aromatic rings. The Balaban J connectivity index is 2.89. The Hall–Kier alpha value is -0.690. The molecule has 0 aliphatic heterocycles. The third kappa shape index (κ3) is 4.42. The minimum Gasteiger partial charge on any atom is -0.392 e. The molecule has 19 heavy (non-hydrogen) atoms. The third-order valence-electron chi connectivity index (χ3n) is 2.77. The van der Waals surface area contributed by atoms with Crippen molar-refractivity contribution in [3.05, 3.63) is 34.9 Å². The van der Waals surface area contributed by atoms with E-state index in [9.17, 15) is 8.42 Å². The number of thiocarbonyl (C=S) groups is 1. The van der Waals surface area contributed by atoms with E-state index in [1.54, 1.807) is 38.1 Å². The van der Waals surface area contributed by atoms with Gasteiger partial charge in [-0.05, 0) is 31.0 Å². The van der Waals surface area contributed by atoms with Crippen LogP contribution in [0.25, 0.3) is 0 Å². The van der Waals surface area contributed by atoms with Gasteiger partial charge >= 0.3 is 0 Å². The number of benzene rings is 1. The summed E-state index contributed by atoms with van der Waals surface area (Å²) in [7, 11) is -3.58. The summed E-state index contributed by atoms with van der Waals surface area (Å²) in [5.41, 5.74) is 6.29. The molecular weight excluding hydrogens is 304 g/mol. The molecule has 2 unspecified atom stereocenters. The molecular formula is C12H17ClN2O2S2. The SMILES string of the molecule is CCC(C(N)=S)S(=O)(=O)NC(C)c1ccc(Cl)cc1. The number of hydrogen-bond acceptors (Lipinski definition) is 3. The predicted octanol–water partition coefficient (Wildman–Crippen LogP) is 2.39. The van der Waals surface area contributed by atoms with Crippen molar-refractivity contribution in [2.75, 3.05) is 0 Å². The van der Waals surface area contributed by atoms with Gasteiger partial charge in [0, 0.05) is 11.1 Å². The Morgan fingerprint density at radius 1 is 1.42 bits per heavy atom. The molecule has 1 aromatic carbocycles. The quantitative estimate of drug-likeness (QED) is 0.789. The number of nitrogens with one attached hydrogen (secondary N) is 1. The van der Waals surface area contributed by atoms with Gasteiger partial charge in [0.2, 0.25) is 10.0 Å². The molecule has 0 aliphatic rings. The maximum Gasteiger partial charge on any atom is 0.221 e. The Morgan fingerprint density at radius 3 is 2.37 bits per heavy atom. The zero-order valence-electron chi connectivity index (χ0n) is 10.8. The number of nitrogens with two attached hydrogens (primary N) is 1. The van der Waals surface area contributed by atoms with Gasteiger partial charge in [0.1, 0.15) is 5.25 Å². The molecule has 1 rings (SSSR count). The molecule has 0 bridgehead atoms. The van der Waals surface area contributed by atoms with Crippen LogP contribution in [0.15, 0.2) is 24.3 Å². The summed E-state index contributed by atoms with van der Waals surface area (Å²) in [5.74, 6) is 0. The molecule has 0 saturated carbocycles. The number of sulfonamides is 1. The first-order chi connectivity index (χ1) is 8.77. The molecule has 7 heteroatoms. The van der Waals surface area contributed by atoms with Crippen molar-refractivity contribution in [2.24, 2.45) is 5.73 Å². The van der Waals surface area contributed by atoms with Gasteiger partial charge in [-0.1, -0.05) is 42.9 Å². The van der Waals surface area contributed by atoms with Gasteiger partial charge in [-0.2, -0.15) is 0 Å². The summed E-state index contributed by atoms with van der Waals surface area (Å²) in [6.45, 7) is 3.49. The molecule has 0 fully saturated rings. The Labute approximate surface area is 124 Å². The summed E-state index contributed by atoms with van der Waals surface area (Å²) < 4.78 is 26.9. The summed E-state index contributed by atoms with van der Waals surface area (Å²) in [6.07, 6.45) is 0.345. The van der Waals surface area contributed by atoms with Crippen LogP contribution >= 0.6 is 23.8 Å². The van der Waals surface area contributed by atoms with Crippen LogP contribution in [0.5, 0.6) is 0 Å². The summed E-state index contributed by atoms with van der Waals surface area (Å²) in [4.78, 5) is -0.0155. The molecule has 0 heterocycles. The fourth-order valence-electron chi connectivity index (χ4n) is 1.72. The smallest absolute Gasteiger partial charge is 0.221 e. The van der Waals surface area contributed by atoms with E-state index < -0.39 is 15.3 Å². The molecule has 106 valence electrons. The third-order valence-corrected chi connectivity index (χ3v) is 5.48. The van der Waals surface area contributed by atoms with Crippen molar-refractivity contribution in [3.63, 3.8) is 0 Å². The fraction of sp³-hybridized carbons (Fsp3) is 0.417. The molecule has 0 radical (unpaired) electrons. The number of halogens is 1. The maximum absolute atomic E-state index is 12.1. The van der Waals surface area contributed by atoms with Crippen molar-refractivity contribution < 1.29 is 8.42 Å². The molecule has 0 aromatic heterocycles. The second-order valence-corrected chi connectivity index (χ2v) is 7.04. The Kier molecular flexibility index (Phi) is 5.73. The van der Waals surface area contributed by atoms with Crippen LogP contribution in [0.1, 0.15) is 31.9 Å². The monoisotopic (exact) mass is 320 g/mol. The van der Waals surface area contributed by atoms with Gasteiger partial charge in [-0.25, -0.2) is 13.1 Å². The van der Waals surface area contributed by atoms with Crippen molar-refractivity contribution in [2.45, 2.75) is 31.6 Å². The standard InChI is InChI=1S/C12H17ClN2O2S2/c1-3-11(12(14)18)19(16,17)15-8(2)9-4-6-10(13)7-5-9/h4-8,11,15H,3H2,1-2H3,(H2,14,18).